The Balaban J connectivity index is 2.17. The zero-order valence-electron chi connectivity index (χ0n) is 8.01. The molecule has 2 aliphatic rings. The standard InChI is InChI=1S/C9H14N2O3/c1-2-5-7-6(14-11-5)3-4(8(7)10)9(12)13/h4,6-8H,2-3,10H2,1H3,(H,12,13)/t4-,6+,7+,8+/m0/s1. The molecule has 0 amide bonds. The zero-order chi connectivity index (χ0) is 10.3. The van der Waals surface area contributed by atoms with Crippen molar-refractivity contribution < 1.29 is 14.7 Å². The lowest BCUT2D eigenvalue weighted by molar-refractivity contribution is -0.142. The fourth-order valence-corrected chi connectivity index (χ4v) is 2.36. The van der Waals surface area contributed by atoms with E-state index in [1.165, 1.54) is 0 Å². The van der Waals surface area contributed by atoms with Crippen molar-refractivity contribution in [2.75, 3.05) is 0 Å². The molecule has 1 aliphatic carbocycles. The molecule has 0 saturated heterocycles. The van der Waals surface area contributed by atoms with Crippen molar-refractivity contribution in [3.05, 3.63) is 0 Å². The molecule has 1 fully saturated rings. The van der Waals surface area contributed by atoms with Crippen LogP contribution in [-0.2, 0) is 9.63 Å². The second kappa shape index (κ2) is 3.24. The van der Waals surface area contributed by atoms with Crippen LogP contribution < -0.4 is 5.73 Å². The van der Waals surface area contributed by atoms with E-state index in [1.54, 1.807) is 0 Å². The summed E-state index contributed by atoms with van der Waals surface area (Å²) in [5.41, 5.74) is 6.80. The van der Waals surface area contributed by atoms with E-state index in [4.69, 9.17) is 15.7 Å². The summed E-state index contributed by atoms with van der Waals surface area (Å²) >= 11 is 0. The van der Waals surface area contributed by atoms with Crippen LogP contribution in [0.5, 0.6) is 0 Å². The molecule has 0 aromatic heterocycles. The van der Waals surface area contributed by atoms with Gasteiger partial charge in [0.1, 0.15) is 6.10 Å². The molecule has 0 spiro atoms. The van der Waals surface area contributed by atoms with Crippen LogP contribution in [0.25, 0.3) is 0 Å². The summed E-state index contributed by atoms with van der Waals surface area (Å²) in [5, 5.41) is 12.8. The van der Waals surface area contributed by atoms with Gasteiger partial charge in [-0.1, -0.05) is 12.1 Å². The molecule has 1 heterocycles. The maximum atomic E-state index is 10.9. The Bertz CT molecular complexity index is 290. The highest BCUT2D eigenvalue weighted by Crippen LogP contribution is 2.38. The first-order valence-corrected chi connectivity index (χ1v) is 4.86. The van der Waals surface area contributed by atoms with Crippen molar-refractivity contribution in [3.8, 4) is 0 Å². The van der Waals surface area contributed by atoms with E-state index >= 15 is 0 Å². The first-order chi connectivity index (χ1) is 6.65. The van der Waals surface area contributed by atoms with Gasteiger partial charge in [-0.15, -0.1) is 0 Å². The predicted octanol–water partition coefficient (Wildman–Crippen LogP) is 0.199. The molecule has 0 bridgehead atoms. The summed E-state index contributed by atoms with van der Waals surface area (Å²) in [5.74, 6) is -1.30. The Labute approximate surface area is 81.9 Å². The molecule has 0 aromatic rings. The molecule has 3 N–H and O–H groups in total. The molecule has 5 nitrogen and oxygen atoms in total. The highest BCUT2D eigenvalue weighted by molar-refractivity contribution is 5.90. The van der Waals surface area contributed by atoms with Gasteiger partial charge in [0.05, 0.1) is 17.5 Å². The Morgan fingerprint density at radius 2 is 2.50 bits per heavy atom. The number of carbonyl (C=O) groups is 1. The first kappa shape index (κ1) is 9.45. The molecule has 78 valence electrons. The second-order valence-corrected chi connectivity index (χ2v) is 3.86. The van der Waals surface area contributed by atoms with Gasteiger partial charge in [-0.05, 0) is 6.42 Å². The molecule has 2 rings (SSSR count). The van der Waals surface area contributed by atoms with Crippen LogP contribution in [0.1, 0.15) is 19.8 Å². The van der Waals surface area contributed by atoms with E-state index in [-0.39, 0.29) is 18.1 Å². The minimum atomic E-state index is -0.828. The number of carboxylic acid groups (broad SMARTS) is 1. The van der Waals surface area contributed by atoms with Crippen molar-refractivity contribution in [1.82, 2.24) is 0 Å². The smallest absolute Gasteiger partial charge is 0.308 e. The van der Waals surface area contributed by atoms with E-state index in [2.05, 4.69) is 5.16 Å². The Hall–Kier alpha value is -1.10. The van der Waals surface area contributed by atoms with Gasteiger partial charge >= 0.3 is 5.97 Å². The van der Waals surface area contributed by atoms with E-state index in [0.717, 1.165) is 12.1 Å². The highest BCUT2D eigenvalue weighted by Gasteiger charge is 2.50. The van der Waals surface area contributed by atoms with Gasteiger partial charge in [-0.3, -0.25) is 4.79 Å². The molecule has 0 unspecified atom stereocenters. The van der Waals surface area contributed by atoms with Crippen molar-refractivity contribution in [3.63, 3.8) is 0 Å². The molecule has 5 heteroatoms. The van der Waals surface area contributed by atoms with E-state index in [0.29, 0.717) is 6.42 Å². The van der Waals surface area contributed by atoms with Crippen LogP contribution in [0.2, 0.25) is 0 Å². The van der Waals surface area contributed by atoms with Crippen LogP contribution >= 0.6 is 0 Å². The summed E-state index contributed by atoms with van der Waals surface area (Å²) in [4.78, 5) is 16.0. The summed E-state index contributed by atoms with van der Waals surface area (Å²) in [7, 11) is 0. The lowest BCUT2D eigenvalue weighted by atomic mass is 9.93. The maximum absolute atomic E-state index is 10.9. The van der Waals surface area contributed by atoms with Gasteiger partial charge in [-0.25, -0.2) is 0 Å². The fraction of sp³-hybridized carbons (Fsp3) is 0.778. The first-order valence-electron chi connectivity index (χ1n) is 4.86. The van der Waals surface area contributed by atoms with Crippen LogP contribution in [-0.4, -0.2) is 28.9 Å². The SMILES string of the molecule is CCC1=NO[C@@H]2C[C@H](C(=O)O)[C@@H](N)[C@H]12. The third-order valence-electron chi connectivity index (χ3n) is 3.14. The van der Waals surface area contributed by atoms with E-state index < -0.39 is 11.9 Å². The summed E-state index contributed by atoms with van der Waals surface area (Å²) in [6.45, 7) is 1.98. The Kier molecular flexibility index (Phi) is 2.19. The minimum Gasteiger partial charge on any atom is -0.481 e. The molecular formula is C9H14N2O3. The number of fused-ring (bicyclic) bond motifs is 1. The zero-order valence-corrected chi connectivity index (χ0v) is 8.01. The fourth-order valence-electron chi connectivity index (χ4n) is 2.36. The molecule has 0 aromatic carbocycles. The number of hydrogen-bond acceptors (Lipinski definition) is 4. The van der Waals surface area contributed by atoms with Crippen molar-refractivity contribution in [1.29, 1.82) is 0 Å². The van der Waals surface area contributed by atoms with Crippen LogP contribution in [0.4, 0.5) is 0 Å². The molecule has 4 atom stereocenters. The number of nitrogens with zero attached hydrogens (tertiary/aromatic N) is 1. The van der Waals surface area contributed by atoms with E-state index in [9.17, 15) is 4.79 Å². The number of hydrogen-bond donors (Lipinski definition) is 2. The number of oxime groups is 1. The molecule has 0 radical (unpaired) electrons. The third-order valence-corrected chi connectivity index (χ3v) is 3.14. The van der Waals surface area contributed by atoms with Gasteiger partial charge in [0, 0.05) is 12.5 Å². The number of rotatable bonds is 2. The predicted molar refractivity (Wildman–Crippen MR) is 49.8 cm³/mol. The number of nitrogens with two attached hydrogens (primary N) is 1. The minimum absolute atomic E-state index is 0.0149. The topological polar surface area (TPSA) is 84.9 Å². The Morgan fingerprint density at radius 1 is 1.79 bits per heavy atom. The summed E-state index contributed by atoms with van der Waals surface area (Å²) in [6, 6.07) is -0.348. The van der Waals surface area contributed by atoms with Crippen LogP contribution in [0.15, 0.2) is 5.16 Å². The molecular weight excluding hydrogens is 184 g/mol. The molecule has 14 heavy (non-hydrogen) atoms. The van der Waals surface area contributed by atoms with Gasteiger partial charge in [0.15, 0.2) is 0 Å². The van der Waals surface area contributed by atoms with Gasteiger partial charge in [0.25, 0.3) is 0 Å². The summed E-state index contributed by atoms with van der Waals surface area (Å²) < 4.78 is 0. The lowest BCUT2D eigenvalue weighted by Crippen LogP contribution is -2.39. The van der Waals surface area contributed by atoms with Crippen molar-refractivity contribution in [2.45, 2.75) is 31.9 Å². The quantitative estimate of drug-likeness (QED) is 0.663. The van der Waals surface area contributed by atoms with Crippen LogP contribution in [0.3, 0.4) is 0 Å². The number of aliphatic carboxylic acids is 1. The van der Waals surface area contributed by atoms with Crippen LogP contribution in [0, 0.1) is 11.8 Å². The monoisotopic (exact) mass is 198 g/mol. The lowest BCUT2D eigenvalue weighted by Gasteiger charge is -2.15. The van der Waals surface area contributed by atoms with Gasteiger partial charge < -0.3 is 15.7 Å². The second-order valence-electron chi connectivity index (χ2n) is 3.86. The normalized spacial score (nSPS) is 40.3. The van der Waals surface area contributed by atoms with Gasteiger partial charge in [-0.2, -0.15) is 0 Å². The molecule has 1 aliphatic heterocycles. The van der Waals surface area contributed by atoms with E-state index in [1.807, 2.05) is 6.92 Å². The average molecular weight is 198 g/mol. The summed E-state index contributed by atoms with van der Waals surface area (Å²) in [6.07, 6.45) is 1.15. The largest absolute Gasteiger partial charge is 0.481 e. The van der Waals surface area contributed by atoms with Gasteiger partial charge in [0.2, 0.25) is 0 Å². The third kappa shape index (κ3) is 1.19. The van der Waals surface area contributed by atoms with Crippen molar-refractivity contribution in [2.24, 2.45) is 22.7 Å². The molecule has 1 saturated carbocycles. The maximum Gasteiger partial charge on any atom is 0.308 e. The van der Waals surface area contributed by atoms with Crippen molar-refractivity contribution >= 4 is 11.7 Å². The number of carboxylic acids is 1. The Morgan fingerprint density at radius 3 is 3.07 bits per heavy atom. The average Bonchev–Trinajstić information content (AvgIpc) is 2.66. The highest BCUT2D eigenvalue weighted by atomic mass is 16.6.